The van der Waals surface area contributed by atoms with E-state index in [9.17, 15) is 0 Å². The molecule has 0 unspecified atom stereocenters. The maximum absolute atomic E-state index is 7.78. The van der Waals surface area contributed by atoms with Crippen molar-refractivity contribution in [1.82, 2.24) is 4.57 Å². The summed E-state index contributed by atoms with van der Waals surface area (Å²) in [5, 5.41) is 7.78. The van der Waals surface area contributed by atoms with Gasteiger partial charge in [0.15, 0.2) is 4.80 Å². The molecule has 2 rings (SSSR count). The minimum Gasteiger partial charge on any atom is -0.497 e. The lowest BCUT2D eigenvalue weighted by molar-refractivity contribution is 0.414. The van der Waals surface area contributed by atoms with Crippen LogP contribution in [-0.2, 0) is 6.54 Å². The van der Waals surface area contributed by atoms with Crippen molar-refractivity contribution in [3.05, 3.63) is 45.7 Å². The zero-order valence-electron chi connectivity index (χ0n) is 9.36. The number of ether oxygens (including phenoxy) is 1. The van der Waals surface area contributed by atoms with Crippen LogP contribution in [0.2, 0.25) is 0 Å². The van der Waals surface area contributed by atoms with Crippen LogP contribution in [0.5, 0.6) is 5.75 Å². The summed E-state index contributed by atoms with van der Waals surface area (Å²) in [4.78, 5) is 1.76. The van der Waals surface area contributed by atoms with E-state index in [0.29, 0.717) is 4.80 Å². The van der Waals surface area contributed by atoms with E-state index in [1.165, 1.54) is 21.8 Å². The van der Waals surface area contributed by atoms with Crippen molar-refractivity contribution in [2.45, 2.75) is 13.5 Å². The van der Waals surface area contributed by atoms with Crippen LogP contribution < -0.4 is 9.54 Å². The second-order valence-corrected chi connectivity index (χ2v) is 4.86. The van der Waals surface area contributed by atoms with Crippen LogP contribution in [0.3, 0.4) is 0 Å². The van der Waals surface area contributed by atoms with Gasteiger partial charge in [-0.25, -0.2) is 0 Å². The molecule has 1 aromatic heterocycles. The number of hydrogen-bond donors (Lipinski definition) is 1. The molecule has 0 aliphatic carbocycles. The third kappa shape index (κ3) is 2.33. The van der Waals surface area contributed by atoms with Gasteiger partial charge in [0.25, 0.3) is 0 Å². The lowest BCUT2D eigenvalue weighted by Gasteiger charge is -2.04. The lowest BCUT2D eigenvalue weighted by Crippen LogP contribution is -2.12. The van der Waals surface area contributed by atoms with Gasteiger partial charge in [-0.2, -0.15) is 0 Å². The van der Waals surface area contributed by atoms with E-state index in [-0.39, 0.29) is 0 Å². The summed E-state index contributed by atoms with van der Waals surface area (Å²) in [5.41, 5.74) is 1.18. The molecular formula is C12H14N2OS. The Morgan fingerprint density at radius 1 is 1.31 bits per heavy atom. The molecule has 0 aliphatic heterocycles. The first kappa shape index (κ1) is 11.0. The Hall–Kier alpha value is -1.55. The molecule has 0 saturated carbocycles. The van der Waals surface area contributed by atoms with Gasteiger partial charge in [0.2, 0.25) is 0 Å². The Morgan fingerprint density at radius 3 is 2.50 bits per heavy atom. The SMILES string of the molecule is COc1ccc(Cn2cc(C)sc2=N)cc1. The Kier molecular flexibility index (Phi) is 3.10. The predicted molar refractivity (Wildman–Crippen MR) is 65.0 cm³/mol. The number of aromatic nitrogens is 1. The van der Waals surface area contributed by atoms with E-state index in [4.69, 9.17) is 10.1 Å². The number of rotatable bonds is 3. The van der Waals surface area contributed by atoms with Gasteiger partial charge < -0.3 is 9.30 Å². The van der Waals surface area contributed by atoms with Gasteiger partial charge >= 0.3 is 0 Å². The highest BCUT2D eigenvalue weighted by atomic mass is 32.1. The van der Waals surface area contributed by atoms with Crippen LogP contribution in [0.4, 0.5) is 0 Å². The molecule has 0 aliphatic rings. The number of methoxy groups -OCH3 is 1. The summed E-state index contributed by atoms with van der Waals surface area (Å²) in [7, 11) is 1.66. The number of benzene rings is 1. The molecule has 1 aromatic carbocycles. The molecule has 0 atom stereocenters. The van der Waals surface area contributed by atoms with Crippen molar-refractivity contribution in [2.75, 3.05) is 7.11 Å². The molecule has 1 heterocycles. The number of hydrogen-bond acceptors (Lipinski definition) is 3. The van der Waals surface area contributed by atoms with Gasteiger partial charge in [0.05, 0.1) is 7.11 Å². The van der Waals surface area contributed by atoms with Crippen molar-refractivity contribution < 1.29 is 4.74 Å². The van der Waals surface area contributed by atoms with Crippen LogP contribution in [0.1, 0.15) is 10.4 Å². The normalized spacial score (nSPS) is 10.4. The smallest absolute Gasteiger partial charge is 0.182 e. The standard InChI is InChI=1S/C12H14N2OS/c1-9-7-14(12(13)16-9)8-10-3-5-11(15-2)6-4-10/h3-7,13H,8H2,1-2H3. The maximum Gasteiger partial charge on any atom is 0.182 e. The summed E-state index contributed by atoms with van der Waals surface area (Å²) < 4.78 is 7.05. The summed E-state index contributed by atoms with van der Waals surface area (Å²) >= 11 is 1.50. The van der Waals surface area contributed by atoms with Gasteiger partial charge in [0.1, 0.15) is 5.75 Å². The zero-order chi connectivity index (χ0) is 11.5. The van der Waals surface area contributed by atoms with E-state index in [2.05, 4.69) is 0 Å². The Bertz CT molecular complexity index is 525. The van der Waals surface area contributed by atoms with Gasteiger partial charge in [-0.3, -0.25) is 5.41 Å². The molecule has 1 N–H and O–H groups in total. The fourth-order valence-corrected chi connectivity index (χ4v) is 2.28. The highest BCUT2D eigenvalue weighted by Gasteiger charge is 1.99. The molecule has 0 radical (unpaired) electrons. The molecule has 3 nitrogen and oxygen atoms in total. The van der Waals surface area contributed by atoms with Crippen molar-refractivity contribution >= 4 is 11.3 Å². The number of nitrogens with zero attached hydrogens (tertiary/aromatic N) is 1. The summed E-state index contributed by atoms with van der Waals surface area (Å²) in [5.74, 6) is 0.862. The molecule has 0 saturated heterocycles. The molecule has 0 fully saturated rings. The molecule has 2 aromatic rings. The Morgan fingerprint density at radius 2 is 2.00 bits per heavy atom. The van der Waals surface area contributed by atoms with E-state index >= 15 is 0 Å². The van der Waals surface area contributed by atoms with Crippen LogP contribution in [0.25, 0.3) is 0 Å². The number of thiazole rings is 1. The summed E-state index contributed by atoms with van der Waals surface area (Å²) in [6, 6.07) is 7.94. The second kappa shape index (κ2) is 4.53. The highest BCUT2D eigenvalue weighted by Crippen LogP contribution is 2.12. The van der Waals surface area contributed by atoms with Crippen LogP contribution in [0.15, 0.2) is 30.5 Å². The molecule has 0 amide bonds. The van der Waals surface area contributed by atoms with Gasteiger partial charge in [-0.15, -0.1) is 11.3 Å². The summed E-state index contributed by atoms with van der Waals surface area (Å²) in [6.07, 6.45) is 2.01. The highest BCUT2D eigenvalue weighted by molar-refractivity contribution is 7.09. The topological polar surface area (TPSA) is 38.0 Å². The fraction of sp³-hybridized carbons (Fsp3) is 0.250. The van der Waals surface area contributed by atoms with Crippen molar-refractivity contribution in [3.63, 3.8) is 0 Å². The first-order valence-electron chi connectivity index (χ1n) is 5.03. The molecular weight excluding hydrogens is 220 g/mol. The minimum absolute atomic E-state index is 0.591. The molecule has 4 heteroatoms. The van der Waals surface area contributed by atoms with Crippen molar-refractivity contribution in [2.24, 2.45) is 0 Å². The van der Waals surface area contributed by atoms with Crippen molar-refractivity contribution in [1.29, 1.82) is 5.41 Å². The van der Waals surface area contributed by atoms with Gasteiger partial charge in [-0.05, 0) is 24.6 Å². The Balaban J connectivity index is 2.20. The maximum atomic E-state index is 7.78. The third-order valence-corrected chi connectivity index (χ3v) is 3.22. The molecule has 84 valence electrons. The number of nitrogens with one attached hydrogen (secondary N) is 1. The lowest BCUT2D eigenvalue weighted by atomic mass is 10.2. The van der Waals surface area contributed by atoms with E-state index < -0.39 is 0 Å². The molecule has 0 bridgehead atoms. The van der Waals surface area contributed by atoms with E-state index in [1.807, 2.05) is 42.0 Å². The quantitative estimate of drug-likeness (QED) is 0.870. The fourth-order valence-electron chi connectivity index (χ4n) is 1.56. The van der Waals surface area contributed by atoms with Gasteiger partial charge in [0, 0.05) is 17.6 Å². The average molecular weight is 234 g/mol. The average Bonchev–Trinajstić information content (AvgIpc) is 2.59. The zero-order valence-corrected chi connectivity index (χ0v) is 10.2. The summed E-state index contributed by atoms with van der Waals surface area (Å²) in [6.45, 7) is 2.76. The Labute approximate surface area is 98.5 Å². The van der Waals surface area contributed by atoms with E-state index in [1.54, 1.807) is 7.11 Å². The first-order chi connectivity index (χ1) is 7.69. The monoisotopic (exact) mass is 234 g/mol. The third-order valence-electron chi connectivity index (χ3n) is 2.37. The largest absolute Gasteiger partial charge is 0.497 e. The van der Waals surface area contributed by atoms with Crippen LogP contribution in [0, 0.1) is 12.3 Å². The molecule has 16 heavy (non-hydrogen) atoms. The first-order valence-corrected chi connectivity index (χ1v) is 5.85. The van der Waals surface area contributed by atoms with Crippen LogP contribution >= 0.6 is 11.3 Å². The number of aryl methyl sites for hydroxylation is 1. The van der Waals surface area contributed by atoms with Crippen molar-refractivity contribution in [3.8, 4) is 5.75 Å². The second-order valence-electron chi connectivity index (χ2n) is 3.62. The van der Waals surface area contributed by atoms with Gasteiger partial charge in [-0.1, -0.05) is 12.1 Å². The molecule has 0 spiro atoms. The van der Waals surface area contributed by atoms with Crippen LogP contribution in [-0.4, -0.2) is 11.7 Å². The van der Waals surface area contributed by atoms with E-state index in [0.717, 1.165) is 12.3 Å². The minimum atomic E-state index is 0.591. The predicted octanol–water partition coefficient (Wildman–Crippen LogP) is 2.39.